The minimum absolute atomic E-state index is 0.584. The Bertz CT molecular complexity index is 411. The van der Waals surface area contributed by atoms with Crippen LogP contribution in [0, 0.1) is 0 Å². The van der Waals surface area contributed by atoms with E-state index < -0.39 is 0 Å². The van der Waals surface area contributed by atoms with Gasteiger partial charge in [-0.15, -0.1) is 11.3 Å². The van der Waals surface area contributed by atoms with Gasteiger partial charge in [-0.3, -0.25) is 4.98 Å². The van der Waals surface area contributed by atoms with Gasteiger partial charge in [0.15, 0.2) is 0 Å². The van der Waals surface area contributed by atoms with Crippen molar-refractivity contribution in [3.05, 3.63) is 46.4 Å². The Balaban J connectivity index is 1.90. The fourth-order valence-electron chi connectivity index (χ4n) is 1.39. The maximum atomic E-state index is 5.62. The van der Waals surface area contributed by atoms with Gasteiger partial charge in [0.05, 0.1) is 10.4 Å². The van der Waals surface area contributed by atoms with Gasteiger partial charge in [-0.25, -0.2) is 0 Å². The second-order valence-electron chi connectivity index (χ2n) is 3.44. The molecule has 0 unspecified atom stereocenters. The molecule has 0 bridgehead atoms. The van der Waals surface area contributed by atoms with E-state index in [0.29, 0.717) is 13.2 Å². The molecule has 2 N–H and O–H groups in total. The van der Waals surface area contributed by atoms with Crippen LogP contribution in [0.3, 0.4) is 0 Å². The highest BCUT2D eigenvalue weighted by Gasteiger charge is 1.97. The maximum Gasteiger partial charge on any atom is 0.124 e. The lowest BCUT2D eigenvalue weighted by Gasteiger charge is -2.05. The molecule has 0 amide bonds. The molecule has 84 valence electrons. The average molecular weight is 234 g/mol. The van der Waals surface area contributed by atoms with E-state index in [4.69, 9.17) is 10.5 Å². The predicted molar refractivity (Wildman–Crippen MR) is 65.6 cm³/mol. The van der Waals surface area contributed by atoms with Gasteiger partial charge >= 0.3 is 0 Å². The second-order valence-corrected chi connectivity index (χ2v) is 4.41. The molecule has 3 nitrogen and oxygen atoms in total. The third-order valence-electron chi connectivity index (χ3n) is 2.22. The Labute approximate surface area is 98.9 Å². The molecule has 0 aliphatic heterocycles. The van der Waals surface area contributed by atoms with Gasteiger partial charge in [0.1, 0.15) is 12.4 Å². The lowest BCUT2D eigenvalue weighted by atomic mass is 10.1. The zero-order chi connectivity index (χ0) is 11.2. The van der Waals surface area contributed by atoms with Crippen molar-refractivity contribution in [2.24, 2.45) is 5.73 Å². The Morgan fingerprint density at radius 3 is 2.69 bits per heavy atom. The first-order valence-electron chi connectivity index (χ1n) is 5.17. The van der Waals surface area contributed by atoms with Crippen LogP contribution in [-0.2, 0) is 13.0 Å². The summed E-state index contributed by atoms with van der Waals surface area (Å²) in [7, 11) is 0. The smallest absolute Gasteiger partial charge is 0.124 e. The van der Waals surface area contributed by atoms with E-state index in [1.165, 1.54) is 5.56 Å². The molecular weight excluding hydrogens is 220 g/mol. The van der Waals surface area contributed by atoms with Gasteiger partial charge < -0.3 is 10.5 Å². The molecule has 0 fully saturated rings. The van der Waals surface area contributed by atoms with Crippen molar-refractivity contribution in [2.45, 2.75) is 13.0 Å². The van der Waals surface area contributed by atoms with Crippen LogP contribution >= 0.6 is 11.3 Å². The van der Waals surface area contributed by atoms with Crippen LogP contribution < -0.4 is 10.5 Å². The Hall–Kier alpha value is -1.39. The number of hydrogen-bond acceptors (Lipinski definition) is 4. The monoisotopic (exact) mass is 234 g/mol. The first kappa shape index (κ1) is 11.1. The number of benzene rings is 1. The summed E-state index contributed by atoms with van der Waals surface area (Å²) in [6, 6.07) is 8.06. The van der Waals surface area contributed by atoms with Gasteiger partial charge in [-0.2, -0.15) is 0 Å². The number of aromatic nitrogens is 1. The predicted octanol–water partition coefficient (Wildman–Crippen LogP) is 2.22. The molecule has 4 heteroatoms. The zero-order valence-electron chi connectivity index (χ0n) is 8.93. The van der Waals surface area contributed by atoms with E-state index in [0.717, 1.165) is 17.0 Å². The van der Waals surface area contributed by atoms with Crippen molar-refractivity contribution in [1.29, 1.82) is 0 Å². The summed E-state index contributed by atoms with van der Waals surface area (Å²) in [5.41, 5.74) is 8.54. The SMILES string of the molecule is NCCc1ccc(OCc2cncs2)cc1. The van der Waals surface area contributed by atoms with E-state index in [9.17, 15) is 0 Å². The van der Waals surface area contributed by atoms with Crippen molar-refractivity contribution in [3.8, 4) is 5.75 Å². The molecule has 2 aromatic rings. The lowest BCUT2D eigenvalue weighted by molar-refractivity contribution is 0.309. The van der Waals surface area contributed by atoms with Crippen LogP contribution in [0.2, 0.25) is 0 Å². The highest BCUT2D eigenvalue weighted by atomic mass is 32.1. The van der Waals surface area contributed by atoms with Crippen LogP contribution in [0.15, 0.2) is 36.0 Å². The molecule has 1 aromatic carbocycles. The molecule has 1 aromatic heterocycles. The van der Waals surface area contributed by atoms with Gasteiger partial charge in [0.25, 0.3) is 0 Å². The highest BCUT2D eigenvalue weighted by Crippen LogP contribution is 2.15. The molecule has 2 rings (SSSR count). The van der Waals surface area contributed by atoms with Crippen LogP contribution in [0.4, 0.5) is 0 Å². The minimum atomic E-state index is 0.584. The molecule has 0 aliphatic carbocycles. The van der Waals surface area contributed by atoms with Gasteiger partial charge in [0, 0.05) is 6.20 Å². The van der Waals surface area contributed by atoms with Crippen molar-refractivity contribution in [3.63, 3.8) is 0 Å². The van der Waals surface area contributed by atoms with E-state index >= 15 is 0 Å². The number of ether oxygens (including phenoxy) is 1. The summed E-state index contributed by atoms with van der Waals surface area (Å²) in [5, 5.41) is 0. The van der Waals surface area contributed by atoms with Gasteiger partial charge in [-0.1, -0.05) is 12.1 Å². The average Bonchev–Trinajstić information content (AvgIpc) is 2.82. The third-order valence-corrected chi connectivity index (χ3v) is 2.97. The maximum absolute atomic E-state index is 5.62. The summed E-state index contributed by atoms with van der Waals surface area (Å²) in [6.07, 6.45) is 2.74. The van der Waals surface area contributed by atoms with E-state index in [2.05, 4.69) is 17.1 Å². The summed E-state index contributed by atoms with van der Waals surface area (Å²) in [6.45, 7) is 1.27. The summed E-state index contributed by atoms with van der Waals surface area (Å²) in [4.78, 5) is 5.13. The number of thiazole rings is 1. The normalized spacial score (nSPS) is 10.3. The van der Waals surface area contributed by atoms with Crippen molar-refractivity contribution < 1.29 is 4.74 Å². The quantitative estimate of drug-likeness (QED) is 0.863. The van der Waals surface area contributed by atoms with E-state index in [1.54, 1.807) is 11.3 Å². The largest absolute Gasteiger partial charge is 0.488 e. The third kappa shape index (κ3) is 3.05. The number of hydrogen-bond donors (Lipinski definition) is 1. The highest BCUT2D eigenvalue weighted by molar-refractivity contribution is 7.09. The zero-order valence-corrected chi connectivity index (χ0v) is 9.74. The Kier molecular flexibility index (Phi) is 3.91. The van der Waals surface area contributed by atoms with Crippen LogP contribution in [0.25, 0.3) is 0 Å². The summed E-state index contributed by atoms with van der Waals surface area (Å²) >= 11 is 1.60. The van der Waals surface area contributed by atoms with Gasteiger partial charge in [-0.05, 0) is 30.7 Å². The Morgan fingerprint density at radius 1 is 1.25 bits per heavy atom. The van der Waals surface area contributed by atoms with Crippen LogP contribution in [0.5, 0.6) is 5.75 Å². The van der Waals surface area contributed by atoms with E-state index in [1.807, 2.05) is 23.8 Å². The molecule has 16 heavy (non-hydrogen) atoms. The Morgan fingerprint density at radius 2 is 2.06 bits per heavy atom. The molecule has 0 atom stereocenters. The lowest BCUT2D eigenvalue weighted by Crippen LogP contribution is -2.02. The van der Waals surface area contributed by atoms with Crippen LogP contribution in [-0.4, -0.2) is 11.5 Å². The van der Waals surface area contributed by atoms with Crippen molar-refractivity contribution in [1.82, 2.24) is 4.98 Å². The minimum Gasteiger partial charge on any atom is -0.488 e. The fourth-order valence-corrected chi connectivity index (χ4v) is 1.89. The van der Waals surface area contributed by atoms with Gasteiger partial charge in [0.2, 0.25) is 0 Å². The summed E-state index contributed by atoms with van der Waals surface area (Å²) < 4.78 is 5.62. The second kappa shape index (κ2) is 5.63. The summed E-state index contributed by atoms with van der Waals surface area (Å²) in [5.74, 6) is 0.883. The molecule has 0 saturated carbocycles. The number of rotatable bonds is 5. The molecule has 0 aliphatic rings. The van der Waals surface area contributed by atoms with Crippen molar-refractivity contribution >= 4 is 11.3 Å². The molecule has 0 spiro atoms. The van der Waals surface area contributed by atoms with Crippen LogP contribution in [0.1, 0.15) is 10.4 Å². The first-order valence-corrected chi connectivity index (χ1v) is 6.05. The van der Waals surface area contributed by atoms with E-state index in [-0.39, 0.29) is 0 Å². The first-order chi connectivity index (χ1) is 7.88. The number of nitrogens with two attached hydrogens (primary N) is 1. The molecule has 0 saturated heterocycles. The topological polar surface area (TPSA) is 48.1 Å². The van der Waals surface area contributed by atoms with Crippen molar-refractivity contribution in [2.75, 3.05) is 6.54 Å². The fraction of sp³-hybridized carbons (Fsp3) is 0.250. The molecule has 1 heterocycles. The molecule has 0 radical (unpaired) electrons. The standard InChI is InChI=1S/C12H14N2OS/c13-6-5-10-1-3-11(4-2-10)15-8-12-7-14-9-16-12/h1-4,7,9H,5-6,8,13H2. The molecular formula is C12H14N2OS. The number of nitrogens with zero attached hydrogens (tertiary/aromatic N) is 1.